The Morgan fingerprint density at radius 2 is 2.12 bits per heavy atom. The van der Waals surface area contributed by atoms with Crippen molar-refractivity contribution < 1.29 is 9.59 Å². The predicted molar refractivity (Wildman–Crippen MR) is 89.3 cm³/mol. The predicted octanol–water partition coefficient (Wildman–Crippen LogP) is 1.94. The van der Waals surface area contributed by atoms with Gasteiger partial charge in [-0.1, -0.05) is 23.7 Å². The largest absolute Gasteiger partial charge is 0.352 e. The first-order valence-corrected chi connectivity index (χ1v) is 8.35. The van der Waals surface area contributed by atoms with Crippen molar-refractivity contribution >= 4 is 23.4 Å². The quantitative estimate of drug-likeness (QED) is 0.905. The minimum absolute atomic E-state index is 0.0602. The lowest BCUT2D eigenvalue weighted by molar-refractivity contribution is -0.127. The average molecular weight is 345 g/mol. The number of carbonyl (C=O) groups excluding carboxylic acids is 2. The molecule has 2 aliphatic rings. The van der Waals surface area contributed by atoms with Crippen LogP contribution >= 0.6 is 11.6 Å². The highest BCUT2D eigenvalue weighted by Crippen LogP contribution is 2.30. The SMILES string of the molecule is Cc1cn(-c2ccccc2Cl)nc1C(=O)N1C2CCC1C(=O)NC2. The number of benzene rings is 1. The fourth-order valence-corrected chi connectivity index (χ4v) is 3.76. The van der Waals surface area contributed by atoms with Crippen LogP contribution in [0.25, 0.3) is 5.69 Å². The van der Waals surface area contributed by atoms with Crippen molar-refractivity contribution in [3.8, 4) is 5.69 Å². The summed E-state index contributed by atoms with van der Waals surface area (Å²) in [6.07, 6.45) is 3.35. The molecule has 2 fully saturated rings. The molecule has 124 valence electrons. The Kier molecular flexibility index (Phi) is 3.57. The van der Waals surface area contributed by atoms with Gasteiger partial charge in [-0.3, -0.25) is 9.59 Å². The summed E-state index contributed by atoms with van der Waals surface area (Å²) in [5.41, 5.74) is 1.87. The first-order chi connectivity index (χ1) is 11.6. The summed E-state index contributed by atoms with van der Waals surface area (Å²) in [5.74, 6) is -0.249. The van der Waals surface area contributed by atoms with Crippen LogP contribution in [0.5, 0.6) is 0 Å². The molecular formula is C17H17ClN4O2. The lowest BCUT2D eigenvalue weighted by Gasteiger charge is -2.33. The van der Waals surface area contributed by atoms with E-state index in [2.05, 4.69) is 10.4 Å². The number of aryl methyl sites for hydroxylation is 1. The van der Waals surface area contributed by atoms with Gasteiger partial charge in [0.25, 0.3) is 5.91 Å². The minimum Gasteiger partial charge on any atom is -0.352 e. The van der Waals surface area contributed by atoms with Crippen LogP contribution in [0.1, 0.15) is 28.9 Å². The number of nitrogens with one attached hydrogen (secondary N) is 1. The molecule has 2 bridgehead atoms. The number of nitrogens with zero attached hydrogens (tertiary/aromatic N) is 3. The first-order valence-electron chi connectivity index (χ1n) is 7.98. The normalized spacial score (nSPS) is 22.6. The summed E-state index contributed by atoms with van der Waals surface area (Å²) >= 11 is 6.21. The molecule has 2 unspecified atom stereocenters. The summed E-state index contributed by atoms with van der Waals surface area (Å²) in [6, 6.07) is 7.03. The third-order valence-electron chi connectivity index (χ3n) is 4.75. The maximum Gasteiger partial charge on any atom is 0.275 e. The van der Waals surface area contributed by atoms with Crippen molar-refractivity contribution in [2.45, 2.75) is 31.8 Å². The van der Waals surface area contributed by atoms with Gasteiger partial charge < -0.3 is 10.2 Å². The topological polar surface area (TPSA) is 67.2 Å². The molecule has 24 heavy (non-hydrogen) atoms. The van der Waals surface area contributed by atoms with Crippen LogP contribution < -0.4 is 5.32 Å². The zero-order valence-corrected chi connectivity index (χ0v) is 14.0. The van der Waals surface area contributed by atoms with E-state index in [0.29, 0.717) is 23.7 Å². The van der Waals surface area contributed by atoms with E-state index in [1.54, 1.807) is 21.8 Å². The summed E-state index contributed by atoms with van der Waals surface area (Å²) in [5, 5.41) is 7.87. The van der Waals surface area contributed by atoms with E-state index in [9.17, 15) is 9.59 Å². The average Bonchev–Trinajstić information content (AvgIpc) is 3.11. The lowest BCUT2D eigenvalue weighted by atomic mass is 10.1. The van der Waals surface area contributed by atoms with Crippen molar-refractivity contribution in [1.29, 1.82) is 0 Å². The summed E-state index contributed by atoms with van der Waals surface area (Å²) in [7, 11) is 0. The van der Waals surface area contributed by atoms with E-state index in [-0.39, 0.29) is 23.9 Å². The highest BCUT2D eigenvalue weighted by molar-refractivity contribution is 6.32. The number of piperazine rings is 1. The van der Waals surface area contributed by atoms with Gasteiger partial charge in [-0.25, -0.2) is 4.68 Å². The van der Waals surface area contributed by atoms with Crippen LogP contribution in [0.2, 0.25) is 5.02 Å². The Balaban J connectivity index is 1.69. The number of fused-ring (bicyclic) bond motifs is 2. The number of hydrogen-bond donors (Lipinski definition) is 1. The van der Waals surface area contributed by atoms with E-state index in [1.165, 1.54) is 0 Å². The van der Waals surface area contributed by atoms with Gasteiger partial charge in [0, 0.05) is 18.3 Å². The number of rotatable bonds is 2. The third kappa shape index (κ3) is 2.29. The molecular weight excluding hydrogens is 328 g/mol. The molecule has 2 aliphatic heterocycles. The number of aromatic nitrogens is 2. The Morgan fingerprint density at radius 3 is 2.92 bits per heavy atom. The molecule has 0 spiro atoms. The second-order valence-corrected chi connectivity index (χ2v) is 6.67. The molecule has 2 saturated heterocycles. The molecule has 4 rings (SSSR count). The van der Waals surface area contributed by atoms with Crippen LogP contribution in [0.4, 0.5) is 0 Å². The van der Waals surface area contributed by atoms with Crippen LogP contribution in [-0.4, -0.2) is 45.1 Å². The van der Waals surface area contributed by atoms with E-state index in [4.69, 9.17) is 11.6 Å². The van der Waals surface area contributed by atoms with Crippen molar-refractivity contribution in [2.24, 2.45) is 0 Å². The van der Waals surface area contributed by atoms with Gasteiger partial charge in [0.05, 0.1) is 16.8 Å². The van der Waals surface area contributed by atoms with Crippen molar-refractivity contribution in [3.05, 3.63) is 46.7 Å². The Labute approximate surface area is 144 Å². The van der Waals surface area contributed by atoms with E-state index >= 15 is 0 Å². The lowest BCUT2D eigenvalue weighted by Crippen LogP contribution is -2.57. The number of carbonyl (C=O) groups is 2. The van der Waals surface area contributed by atoms with Crippen LogP contribution in [0.3, 0.4) is 0 Å². The van der Waals surface area contributed by atoms with E-state index < -0.39 is 0 Å². The second-order valence-electron chi connectivity index (χ2n) is 6.26. The molecule has 0 radical (unpaired) electrons. The molecule has 0 aliphatic carbocycles. The molecule has 2 amide bonds. The Morgan fingerprint density at radius 1 is 1.33 bits per heavy atom. The zero-order chi connectivity index (χ0) is 16.8. The maximum atomic E-state index is 13.0. The van der Waals surface area contributed by atoms with Gasteiger partial charge in [0.1, 0.15) is 6.04 Å². The first kappa shape index (κ1) is 15.2. The Bertz CT molecular complexity index is 832. The second kappa shape index (κ2) is 5.63. The smallest absolute Gasteiger partial charge is 0.275 e. The van der Waals surface area contributed by atoms with E-state index in [0.717, 1.165) is 17.7 Å². The van der Waals surface area contributed by atoms with Crippen LogP contribution in [0.15, 0.2) is 30.5 Å². The zero-order valence-electron chi connectivity index (χ0n) is 13.2. The van der Waals surface area contributed by atoms with E-state index in [1.807, 2.05) is 25.1 Å². The number of hydrogen-bond acceptors (Lipinski definition) is 3. The molecule has 7 heteroatoms. The highest BCUT2D eigenvalue weighted by atomic mass is 35.5. The molecule has 3 heterocycles. The maximum absolute atomic E-state index is 13.0. The highest BCUT2D eigenvalue weighted by Gasteiger charge is 2.45. The van der Waals surface area contributed by atoms with Crippen molar-refractivity contribution in [2.75, 3.05) is 6.54 Å². The number of halogens is 1. The molecule has 2 atom stereocenters. The van der Waals surface area contributed by atoms with Crippen LogP contribution in [0, 0.1) is 6.92 Å². The number of amides is 2. The monoisotopic (exact) mass is 344 g/mol. The molecule has 1 aromatic carbocycles. The summed E-state index contributed by atoms with van der Waals surface area (Å²) in [4.78, 5) is 26.7. The molecule has 2 aromatic rings. The minimum atomic E-state index is -0.374. The van der Waals surface area contributed by atoms with Gasteiger partial charge in [0.2, 0.25) is 5.91 Å². The number of para-hydroxylation sites is 1. The molecule has 1 N–H and O–H groups in total. The van der Waals surface area contributed by atoms with Gasteiger partial charge in [-0.05, 0) is 31.9 Å². The van der Waals surface area contributed by atoms with Gasteiger partial charge >= 0.3 is 0 Å². The molecule has 1 aromatic heterocycles. The molecule has 0 saturated carbocycles. The van der Waals surface area contributed by atoms with Gasteiger partial charge in [-0.2, -0.15) is 5.10 Å². The van der Waals surface area contributed by atoms with Crippen molar-refractivity contribution in [3.63, 3.8) is 0 Å². The van der Waals surface area contributed by atoms with Crippen molar-refractivity contribution in [1.82, 2.24) is 20.0 Å². The molecule has 6 nitrogen and oxygen atoms in total. The fourth-order valence-electron chi connectivity index (χ4n) is 3.54. The third-order valence-corrected chi connectivity index (χ3v) is 5.07. The van der Waals surface area contributed by atoms with Gasteiger partial charge in [0.15, 0.2) is 5.69 Å². The standard InChI is InChI=1S/C17H17ClN4O2/c1-10-9-21(13-5-3-2-4-12(13)18)20-15(10)17(24)22-11-6-7-14(22)16(23)19-8-11/h2-5,9,11,14H,6-8H2,1H3,(H,19,23). The van der Waals surface area contributed by atoms with Crippen LogP contribution in [-0.2, 0) is 4.79 Å². The van der Waals surface area contributed by atoms with Gasteiger partial charge in [-0.15, -0.1) is 0 Å². The summed E-state index contributed by atoms with van der Waals surface area (Å²) in [6.45, 7) is 2.37. The Hall–Kier alpha value is -2.34. The fraction of sp³-hybridized carbons (Fsp3) is 0.353. The summed E-state index contributed by atoms with van der Waals surface area (Å²) < 4.78 is 1.62.